The highest BCUT2D eigenvalue weighted by Gasteiger charge is 2.19. The molecule has 0 bridgehead atoms. The second kappa shape index (κ2) is 7.94. The zero-order valence-corrected chi connectivity index (χ0v) is 11.8. The first-order valence-electron chi connectivity index (χ1n) is 6.40. The van der Waals surface area contributed by atoms with Gasteiger partial charge in [0, 0.05) is 32.4 Å². The molecule has 1 aromatic rings. The number of nitrogens with one attached hydrogen (secondary N) is 2. The minimum absolute atomic E-state index is 0.0699. The summed E-state index contributed by atoms with van der Waals surface area (Å²) in [6.07, 6.45) is 0.482. The Morgan fingerprint density at radius 2 is 2.05 bits per heavy atom. The molecule has 3 N–H and O–H groups in total. The number of ether oxygens (including phenoxy) is 1. The molecule has 0 saturated heterocycles. The zero-order valence-electron chi connectivity index (χ0n) is 11.8. The molecule has 0 aliphatic heterocycles. The van der Waals surface area contributed by atoms with Gasteiger partial charge in [0.25, 0.3) is 0 Å². The lowest BCUT2D eigenvalue weighted by molar-refractivity contribution is -0.115. The maximum atomic E-state index is 12.7. The van der Waals surface area contributed by atoms with Gasteiger partial charge in [-0.1, -0.05) is 0 Å². The van der Waals surface area contributed by atoms with Crippen molar-refractivity contribution in [1.29, 1.82) is 0 Å². The summed E-state index contributed by atoms with van der Waals surface area (Å²) in [6.45, 7) is 2.49. The standard InChI is InChI=1S/C14H21FN2O3/c1-14(19,7-8-20-2)10-16-9-13(18)17-12-5-3-11(15)4-6-12/h3-6,16,19H,7-10H2,1-2H3,(H,17,18). The fraction of sp³-hybridized carbons (Fsp3) is 0.500. The van der Waals surface area contributed by atoms with Crippen LogP contribution >= 0.6 is 0 Å². The molecule has 0 saturated carbocycles. The van der Waals surface area contributed by atoms with E-state index in [1.165, 1.54) is 24.3 Å². The van der Waals surface area contributed by atoms with Gasteiger partial charge in [0.05, 0.1) is 12.1 Å². The van der Waals surface area contributed by atoms with Crippen LogP contribution in [0.3, 0.4) is 0 Å². The minimum Gasteiger partial charge on any atom is -0.389 e. The molecule has 1 aromatic carbocycles. The van der Waals surface area contributed by atoms with E-state index in [9.17, 15) is 14.3 Å². The maximum absolute atomic E-state index is 12.7. The largest absolute Gasteiger partial charge is 0.389 e. The van der Waals surface area contributed by atoms with Crippen molar-refractivity contribution in [3.8, 4) is 0 Å². The third-order valence-corrected chi connectivity index (χ3v) is 2.76. The Morgan fingerprint density at radius 3 is 2.65 bits per heavy atom. The summed E-state index contributed by atoms with van der Waals surface area (Å²) in [4.78, 5) is 11.6. The Labute approximate surface area is 118 Å². The highest BCUT2D eigenvalue weighted by Crippen LogP contribution is 2.08. The van der Waals surface area contributed by atoms with Gasteiger partial charge in [-0.15, -0.1) is 0 Å². The molecule has 1 amide bonds. The van der Waals surface area contributed by atoms with Crippen LogP contribution in [-0.2, 0) is 9.53 Å². The average molecular weight is 284 g/mol. The Balaban J connectivity index is 2.28. The first kappa shape index (κ1) is 16.6. The van der Waals surface area contributed by atoms with E-state index in [4.69, 9.17) is 4.74 Å². The van der Waals surface area contributed by atoms with Crippen LogP contribution in [-0.4, -0.2) is 43.4 Å². The van der Waals surface area contributed by atoms with Crippen LogP contribution in [0.4, 0.5) is 10.1 Å². The summed E-state index contributed by atoms with van der Waals surface area (Å²) < 4.78 is 17.6. The highest BCUT2D eigenvalue weighted by molar-refractivity contribution is 5.92. The van der Waals surface area contributed by atoms with E-state index in [1.54, 1.807) is 14.0 Å². The van der Waals surface area contributed by atoms with Crippen LogP contribution in [0.2, 0.25) is 0 Å². The van der Waals surface area contributed by atoms with Crippen LogP contribution < -0.4 is 10.6 Å². The van der Waals surface area contributed by atoms with E-state index >= 15 is 0 Å². The molecule has 0 fully saturated rings. The van der Waals surface area contributed by atoms with Crippen LogP contribution in [0.1, 0.15) is 13.3 Å². The predicted octanol–water partition coefficient (Wildman–Crippen LogP) is 1.14. The lowest BCUT2D eigenvalue weighted by Gasteiger charge is -2.23. The maximum Gasteiger partial charge on any atom is 0.238 e. The van der Waals surface area contributed by atoms with Crippen LogP contribution in [0.25, 0.3) is 0 Å². The van der Waals surface area contributed by atoms with Crippen molar-refractivity contribution < 1.29 is 19.0 Å². The van der Waals surface area contributed by atoms with Crippen molar-refractivity contribution in [2.45, 2.75) is 18.9 Å². The van der Waals surface area contributed by atoms with Gasteiger partial charge in [0.15, 0.2) is 0 Å². The summed E-state index contributed by atoms with van der Waals surface area (Å²) in [5.74, 6) is -0.602. The number of benzene rings is 1. The molecule has 0 spiro atoms. The number of halogens is 1. The van der Waals surface area contributed by atoms with Crippen molar-refractivity contribution in [2.75, 3.05) is 32.1 Å². The Hall–Kier alpha value is -1.50. The van der Waals surface area contributed by atoms with Gasteiger partial charge in [0.1, 0.15) is 5.82 Å². The molecule has 1 unspecified atom stereocenters. The first-order chi connectivity index (χ1) is 9.43. The number of aliphatic hydroxyl groups is 1. The zero-order chi connectivity index (χ0) is 15.0. The molecule has 0 aliphatic rings. The third kappa shape index (κ3) is 6.60. The van der Waals surface area contributed by atoms with E-state index in [0.717, 1.165) is 0 Å². The number of amides is 1. The van der Waals surface area contributed by atoms with E-state index in [1.807, 2.05) is 0 Å². The summed E-state index contributed by atoms with van der Waals surface area (Å²) in [5.41, 5.74) is -0.393. The second-order valence-corrected chi connectivity index (χ2v) is 4.90. The molecular formula is C14H21FN2O3. The summed E-state index contributed by atoms with van der Waals surface area (Å²) in [6, 6.07) is 5.53. The van der Waals surface area contributed by atoms with E-state index < -0.39 is 5.60 Å². The van der Waals surface area contributed by atoms with Crippen LogP contribution in [0.5, 0.6) is 0 Å². The topological polar surface area (TPSA) is 70.6 Å². The Morgan fingerprint density at radius 1 is 1.40 bits per heavy atom. The van der Waals surface area contributed by atoms with Crippen LogP contribution in [0.15, 0.2) is 24.3 Å². The van der Waals surface area contributed by atoms with Crippen molar-refractivity contribution in [3.05, 3.63) is 30.1 Å². The summed E-state index contributed by atoms with van der Waals surface area (Å²) in [7, 11) is 1.57. The SMILES string of the molecule is COCCC(C)(O)CNCC(=O)Nc1ccc(F)cc1. The van der Waals surface area contributed by atoms with Gasteiger partial charge in [-0.2, -0.15) is 0 Å². The van der Waals surface area contributed by atoms with E-state index in [0.29, 0.717) is 18.7 Å². The molecular weight excluding hydrogens is 263 g/mol. The molecule has 0 heterocycles. The molecule has 0 aliphatic carbocycles. The Kier molecular flexibility index (Phi) is 6.57. The number of hydrogen-bond acceptors (Lipinski definition) is 4. The fourth-order valence-electron chi connectivity index (χ4n) is 1.59. The molecule has 0 aromatic heterocycles. The quantitative estimate of drug-likeness (QED) is 0.669. The summed E-state index contributed by atoms with van der Waals surface area (Å²) in [5, 5.41) is 15.5. The number of carbonyl (C=O) groups excluding carboxylic acids is 1. The van der Waals surface area contributed by atoms with Crippen molar-refractivity contribution in [1.82, 2.24) is 5.32 Å². The molecule has 0 radical (unpaired) electrons. The number of anilines is 1. The normalized spacial score (nSPS) is 13.8. The van der Waals surface area contributed by atoms with Gasteiger partial charge >= 0.3 is 0 Å². The lowest BCUT2D eigenvalue weighted by atomic mass is 10.0. The average Bonchev–Trinajstić information content (AvgIpc) is 2.39. The van der Waals surface area contributed by atoms with Crippen LogP contribution in [0, 0.1) is 5.82 Å². The molecule has 1 atom stereocenters. The van der Waals surface area contributed by atoms with E-state index in [-0.39, 0.29) is 24.8 Å². The van der Waals surface area contributed by atoms with E-state index in [2.05, 4.69) is 10.6 Å². The highest BCUT2D eigenvalue weighted by atomic mass is 19.1. The Bertz CT molecular complexity index is 421. The number of carbonyl (C=O) groups is 1. The molecule has 20 heavy (non-hydrogen) atoms. The second-order valence-electron chi connectivity index (χ2n) is 4.90. The van der Waals surface area contributed by atoms with Gasteiger partial charge in [-0.25, -0.2) is 4.39 Å². The number of rotatable bonds is 8. The minimum atomic E-state index is -0.924. The van der Waals surface area contributed by atoms with Crippen molar-refractivity contribution in [3.63, 3.8) is 0 Å². The van der Waals surface area contributed by atoms with Gasteiger partial charge in [-0.05, 0) is 31.2 Å². The third-order valence-electron chi connectivity index (χ3n) is 2.76. The first-order valence-corrected chi connectivity index (χ1v) is 6.40. The molecule has 112 valence electrons. The smallest absolute Gasteiger partial charge is 0.238 e. The number of hydrogen-bond donors (Lipinski definition) is 3. The molecule has 1 rings (SSSR count). The van der Waals surface area contributed by atoms with Crippen molar-refractivity contribution in [2.24, 2.45) is 0 Å². The van der Waals surface area contributed by atoms with Gasteiger partial charge < -0.3 is 20.5 Å². The van der Waals surface area contributed by atoms with Crippen molar-refractivity contribution >= 4 is 11.6 Å². The monoisotopic (exact) mass is 284 g/mol. The summed E-state index contributed by atoms with van der Waals surface area (Å²) >= 11 is 0. The fourth-order valence-corrected chi connectivity index (χ4v) is 1.59. The van der Waals surface area contributed by atoms with Gasteiger partial charge in [0.2, 0.25) is 5.91 Å². The number of methoxy groups -OCH3 is 1. The molecule has 5 nitrogen and oxygen atoms in total. The lowest BCUT2D eigenvalue weighted by Crippen LogP contribution is -2.41. The molecule has 6 heteroatoms. The predicted molar refractivity (Wildman–Crippen MR) is 75.0 cm³/mol. The van der Waals surface area contributed by atoms with Gasteiger partial charge in [-0.3, -0.25) is 4.79 Å².